The van der Waals surface area contributed by atoms with Gasteiger partial charge in [-0.2, -0.15) is 0 Å². The largest absolute Gasteiger partial charge is 0.344 e. The zero-order valence-corrected chi connectivity index (χ0v) is 7.64. The van der Waals surface area contributed by atoms with Crippen LogP contribution >= 0.6 is 0 Å². The van der Waals surface area contributed by atoms with Crippen LogP contribution in [-0.2, 0) is 14.3 Å². The van der Waals surface area contributed by atoms with E-state index in [9.17, 15) is 4.79 Å². The van der Waals surface area contributed by atoms with E-state index in [2.05, 4.69) is 0 Å². The molecule has 3 heteroatoms. The average Bonchev–Trinajstić information content (AvgIpc) is 1.88. The fraction of sp³-hybridized carbons (Fsp3) is 0.875. The molecule has 0 saturated carbocycles. The van der Waals surface area contributed by atoms with Crippen molar-refractivity contribution in [2.24, 2.45) is 0 Å². The lowest BCUT2D eigenvalue weighted by molar-refractivity contribution is -0.215. The molecule has 0 atom stereocenters. The Balaban J connectivity index is 4.13. The van der Waals surface area contributed by atoms with Gasteiger partial charge in [0.05, 0.1) is 0 Å². The standard InChI is InChI=1S/C8H16O3/c1-5-10-8(4,7(3)9)11-6-2/h5-6H2,1-4H3. The summed E-state index contributed by atoms with van der Waals surface area (Å²) in [6, 6.07) is 0. The van der Waals surface area contributed by atoms with Crippen molar-refractivity contribution in [1.82, 2.24) is 0 Å². The van der Waals surface area contributed by atoms with E-state index in [1.165, 1.54) is 6.92 Å². The Labute approximate surface area is 67.7 Å². The van der Waals surface area contributed by atoms with Crippen LogP contribution in [0.25, 0.3) is 0 Å². The fourth-order valence-electron chi connectivity index (χ4n) is 0.796. The van der Waals surface area contributed by atoms with Gasteiger partial charge < -0.3 is 9.47 Å². The van der Waals surface area contributed by atoms with Crippen LogP contribution in [0.3, 0.4) is 0 Å². The molecule has 0 heterocycles. The molecule has 0 amide bonds. The van der Waals surface area contributed by atoms with Crippen molar-refractivity contribution in [3.05, 3.63) is 0 Å². The highest BCUT2D eigenvalue weighted by atomic mass is 16.7. The molecule has 11 heavy (non-hydrogen) atoms. The Morgan fingerprint density at radius 3 is 1.82 bits per heavy atom. The second-order valence-corrected chi connectivity index (χ2v) is 2.37. The fourth-order valence-corrected chi connectivity index (χ4v) is 0.796. The van der Waals surface area contributed by atoms with Crippen molar-refractivity contribution < 1.29 is 14.3 Å². The summed E-state index contributed by atoms with van der Waals surface area (Å²) in [5.41, 5.74) is 0. The van der Waals surface area contributed by atoms with E-state index in [-0.39, 0.29) is 5.78 Å². The summed E-state index contributed by atoms with van der Waals surface area (Å²) in [6.45, 7) is 7.74. The SMILES string of the molecule is CCOC(C)(OCC)C(C)=O. The van der Waals surface area contributed by atoms with Crippen molar-refractivity contribution in [1.29, 1.82) is 0 Å². The third-order valence-corrected chi connectivity index (χ3v) is 1.48. The van der Waals surface area contributed by atoms with Gasteiger partial charge >= 0.3 is 0 Å². The molecule has 0 aliphatic carbocycles. The molecule has 0 aromatic carbocycles. The second-order valence-electron chi connectivity index (χ2n) is 2.37. The quantitative estimate of drug-likeness (QED) is 0.570. The Morgan fingerprint density at radius 1 is 1.27 bits per heavy atom. The number of ketones is 1. The predicted octanol–water partition coefficient (Wildman–Crippen LogP) is 1.36. The molecule has 3 nitrogen and oxygen atoms in total. The molecule has 0 aromatic rings. The molecule has 0 aromatic heterocycles. The zero-order valence-electron chi connectivity index (χ0n) is 7.64. The van der Waals surface area contributed by atoms with Crippen LogP contribution in [0.1, 0.15) is 27.7 Å². The van der Waals surface area contributed by atoms with E-state index in [1.54, 1.807) is 6.92 Å². The Bertz CT molecular complexity index is 125. The van der Waals surface area contributed by atoms with Crippen LogP contribution in [0.4, 0.5) is 0 Å². The van der Waals surface area contributed by atoms with Gasteiger partial charge in [0.1, 0.15) is 0 Å². The minimum atomic E-state index is -1.04. The minimum absolute atomic E-state index is 0.0961. The first-order chi connectivity index (χ1) is 5.06. The third-order valence-electron chi connectivity index (χ3n) is 1.48. The molecule has 0 rings (SSSR count). The highest BCUT2D eigenvalue weighted by Crippen LogP contribution is 2.13. The van der Waals surface area contributed by atoms with Gasteiger partial charge in [0.25, 0.3) is 0 Å². The maximum absolute atomic E-state index is 11.0. The van der Waals surface area contributed by atoms with Crippen molar-refractivity contribution >= 4 is 5.78 Å². The van der Waals surface area contributed by atoms with Crippen molar-refractivity contribution in [2.75, 3.05) is 13.2 Å². The van der Waals surface area contributed by atoms with E-state index in [0.29, 0.717) is 13.2 Å². The van der Waals surface area contributed by atoms with Gasteiger partial charge in [-0.3, -0.25) is 4.79 Å². The molecule has 0 aliphatic heterocycles. The Kier molecular flexibility index (Phi) is 4.30. The van der Waals surface area contributed by atoms with Gasteiger partial charge in [-0.15, -0.1) is 0 Å². The summed E-state index contributed by atoms with van der Waals surface area (Å²) in [6.07, 6.45) is 0. The number of Topliss-reactive ketones (excluding diaryl/α,β-unsaturated/α-hetero) is 1. The predicted molar refractivity (Wildman–Crippen MR) is 42.3 cm³/mol. The summed E-state index contributed by atoms with van der Waals surface area (Å²) in [5.74, 6) is -1.13. The first-order valence-corrected chi connectivity index (χ1v) is 3.85. The smallest absolute Gasteiger partial charge is 0.225 e. The van der Waals surface area contributed by atoms with Gasteiger partial charge in [0.15, 0.2) is 5.78 Å². The number of hydrogen-bond donors (Lipinski definition) is 0. The van der Waals surface area contributed by atoms with Crippen LogP contribution < -0.4 is 0 Å². The molecule has 0 spiro atoms. The first kappa shape index (κ1) is 10.6. The van der Waals surface area contributed by atoms with Crippen molar-refractivity contribution in [2.45, 2.75) is 33.5 Å². The molecule has 0 aliphatic rings. The van der Waals surface area contributed by atoms with Crippen molar-refractivity contribution in [3.63, 3.8) is 0 Å². The summed E-state index contributed by atoms with van der Waals surface area (Å²) in [7, 11) is 0. The van der Waals surface area contributed by atoms with Gasteiger partial charge in [0.2, 0.25) is 5.79 Å². The van der Waals surface area contributed by atoms with E-state index >= 15 is 0 Å². The molecular formula is C8H16O3. The average molecular weight is 160 g/mol. The zero-order chi connectivity index (χ0) is 8.91. The first-order valence-electron chi connectivity index (χ1n) is 3.85. The Hall–Kier alpha value is -0.410. The molecule has 0 bridgehead atoms. The van der Waals surface area contributed by atoms with Gasteiger partial charge in [-0.05, 0) is 20.8 Å². The van der Waals surface area contributed by atoms with E-state index < -0.39 is 5.79 Å². The maximum Gasteiger partial charge on any atom is 0.225 e. The maximum atomic E-state index is 11.0. The number of carbonyl (C=O) groups is 1. The minimum Gasteiger partial charge on any atom is -0.344 e. The molecule has 0 saturated heterocycles. The molecule has 0 radical (unpaired) electrons. The summed E-state index contributed by atoms with van der Waals surface area (Å²) < 4.78 is 10.3. The summed E-state index contributed by atoms with van der Waals surface area (Å²) >= 11 is 0. The molecule has 0 fully saturated rings. The number of carbonyl (C=O) groups excluding carboxylic acids is 1. The number of rotatable bonds is 5. The number of hydrogen-bond acceptors (Lipinski definition) is 3. The lowest BCUT2D eigenvalue weighted by atomic mass is 10.2. The Morgan fingerprint density at radius 2 is 1.64 bits per heavy atom. The highest BCUT2D eigenvalue weighted by molar-refractivity contribution is 5.82. The van der Waals surface area contributed by atoms with Gasteiger partial charge in [-0.1, -0.05) is 0 Å². The lowest BCUT2D eigenvalue weighted by Gasteiger charge is -2.25. The molecule has 0 N–H and O–H groups in total. The topological polar surface area (TPSA) is 35.5 Å². The normalized spacial score (nSPS) is 11.6. The van der Waals surface area contributed by atoms with Gasteiger partial charge in [0, 0.05) is 20.1 Å². The third kappa shape index (κ3) is 2.99. The molecule has 0 unspecified atom stereocenters. The summed E-state index contributed by atoms with van der Waals surface area (Å²) in [5, 5.41) is 0. The van der Waals surface area contributed by atoms with Crippen LogP contribution in [0.2, 0.25) is 0 Å². The van der Waals surface area contributed by atoms with E-state index in [1.807, 2.05) is 13.8 Å². The van der Waals surface area contributed by atoms with Crippen LogP contribution in [0.5, 0.6) is 0 Å². The number of ether oxygens (including phenoxy) is 2. The molecule has 66 valence electrons. The lowest BCUT2D eigenvalue weighted by Crippen LogP contribution is -2.39. The second kappa shape index (κ2) is 4.46. The van der Waals surface area contributed by atoms with E-state index in [4.69, 9.17) is 9.47 Å². The monoisotopic (exact) mass is 160 g/mol. The van der Waals surface area contributed by atoms with Crippen LogP contribution in [0.15, 0.2) is 0 Å². The van der Waals surface area contributed by atoms with Crippen molar-refractivity contribution in [3.8, 4) is 0 Å². The summed E-state index contributed by atoms with van der Waals surface area (Å²) in [4.78, 5) is 11.0. The van der Waals surface area contributed by atoms with Crippen LogP contribution in [-0.4, -0.2) is 24.8 Å². The van der Waals surface area contributed by atoms with E-state index in [0.717, 1.165) is 0 Å². The highest BCUT2D eigenvalue weighted by Gasteiger charge is 2.30. The van der Waals surface area contributed by atoms with Gasteiger partial charge in [-0.25, -0.2) is 0 Å². The van der Waals surface area contributed by atoms with Crippen LogP contribution in [0, 0.1) is 0 Å². The molecular weight excluding hydrogens is 144 g/mol.